The minimum Gasteiger partial charge on any atom is -0.465 e. The summed E-state index contributed by atoms with van der Waals surface area (Å²) in [7, 11) is 2.95. The van der Waals surface area contributed by atoms with Crippen LogP contribution in [0.15, 0.2) is 42.5 Å². The molecule has 0 fully saturated rings. The number of hydrogen-bond acceptors (Lipinski definition) is 4. The molecular weight excluding hydrogens is 294 g/mol. The van der Waals surface area contributed by atoms with E-state index in [0.717, 1.165) is 5.56 Å². The lowest BCUT2D eigenvalue weighted by Crippen LogP contribution is -2.14. The zero-order valence-corrected chi connectivity index (χ0v) is 13.4. The maximum atomic E-state index is 12.3. The molecule has 0 heterocycles. The van der Waals surface area contributed by atoms with Crippen LogP contribution in [0.4, 0.5) is 5.69 Å². The number of benzene rings is 2. The van der Waals surface area contributed by atoms with Crippen molar-refractivity contribution >= 4 is 17.6 Å². The van der Waals surface area contributed by atoms with Gasteiger partial charge in [-0.15, -0.1) is 0 Å². The van der Waals surface area contributed by atoms with Crippen molar-refractivity contribution in [1.82, 2.24) is 0 Å². The fraction of sp³-hybridized carbons (Fsp3) is 0.222. The Morgan fingerprint density at radius 2 is 1.74 bits per heavy atom. The van der Waals surface area contributed by atoms with Crippen molar-refractivity contribution in [3.63, 3.8) is 0 Å². The Balaban J connectivity index is 2.18. The second-order valence-corrected chi connectivity index (χ2v) is 5.05. The molecule has 0 aromatic heterocycles. The number of hydrogen-bond donors (Lipinski definition) is 1. The van der Waals surface area contributed by atoms with Gasteiger partial charge in [-0.1, -0.05) is 18.2 Å². The first-order valence-corrected chi connectivity index (χ1v) is 7.14. The van der Waals surface area contributed by atoms with Crippen molar-refractivity contribution in [3.05, 3.63) is 64.7 Å². The van der Waals surface area contributed by atoms with E-state index in [1.54, 1.807) is 44.4 Å². The Morgan fingerprint density at radius 3 is 2.35 bits per heavy atom. The third-order valence-electron chi connectivity index (χ3n) is 3.51. The molecule has 0 aliphatic rings. The van der Waals surface area contributed by atoms with Crippen molar-refractivity contribution in [3.8, 4) is 0 Å². The molecule has 5 heteroatoms. The largest absolute Gasteiger partial charge is 0.465 e. The van der Waals surface area contributed by atoms with Crippen LogP contribution < -0.4 is 5.32 Å². The van der Waals surface area contributed by atoms with E-state index in [4.69, 9.17) is 9.47 Å². The van der Waals surface area contributed by atoms with Gasteiger partial charge < -0.3 is 14.8 Å². The fourth-order valence-electron chi connectivity index (χ4n) is 2.22. The first kappa shape index (κ1) is 16.7. The Labute approximate surface area is 135 Å². The van der Waals surface area contributed by atoms with Crippen molar-refractivity contribution in [2.75, 3.05) is 19.5 Å². The van der Waals surface area contributed by atoms with Crippen LogP contribution in [-0.4, -0.2) is 26.1 Å². The molecule has 1 amide bonds. The summed E-state index contributed by atoms with van der Waals surface area (Å²) in [5, 5.41) is 2.82. The maximum Gasteiger partial charge on any atom is 0.338 e. The van der Waals surface area contributed by atoms with Crippen LogP contribution in [0.3, 0.4) is 0 Å². The highest BCUT2D eigenvalue weighted by atomic mass is 16.5. The molecule has 2 rings (SSSR count). The summed E-state index contributed by atoms with van der Waals surface area (Å²) < 4.78 is 9.78. The van der Waals surface area contributed by atoms with Crippen molar-refractivity contribution in [2.24, 2.45) is 0 Å². The minimum absolute atomic E-state index is 0.237. The van der Waals surface area contributed by atoms with Crippen molar-refractivity contribution in [1.29, 1.82) is 0 Å². The number of nitrogens with one attached hydrogen (secondary N) is 1. The van der Waals surface area contributed by atoms with Crippen LogP contribution in [0.5, 0.6) is 0 Å². The van der Waals surface area contributed by atoms with E-state index in [2.05, 4.69) is 5.32 Å². The Kier molecular flexibility index (Phi) is 5.49. The first-order valence-electron chi connectivity index (χ1n) is 7.14. The quantitative estimate of drug-likeness (QED) is 0.861. The summed E-state index contributed by atoms with van der Waals surface area (Å²) in [4.78, 5) is 24.0. The van der Waals surface area contributed by atoms with Crippen molar-refractivity contribution in [2.45, 2.75) is 13.5 Å². The third-order valence-corrected chi connectivity index (χ3v) is 3.51. The number of ether oxygens (including phenoxy) is 2. The van der Waals surface area contributed by atoms with Gasteiger partial charge in [0.25, 0.3) is 5.91 Å². The average Bonchev–Trinajstić information content (AvgIpc) is 2.57. The van der Waals surface area contributed by atoms with Gasteiger partial charge >= 0.3 is 5.97 Å². The van der Waals surface area contributed by atoms with Gasteiger partial charge in [0.05, 0.1) is 19.3 Å². The number of esters is 1. The topological polar surface area (TPSA) is 64.6 Å². The molecule has 0 bridgehead atoms. The van der Waals surface area contributed by atoms with Crippen LogP contribution in [0.2, 0.25) is 0 Å². The molecule has 0 unspecified atom stereocenters. The monoisotopic (exact) mass is 313 g/mol. The average molecular weight is 313 g/mol. The SMILES string of the molecule is COCc1ccc(C(=O)Nc2cccc(C(=O)OC)c2C)cc1. The molecule has 0 radical (unpaired) electrons. The second-order valence-electron chi connectivity index (χ2n) is 5.05. The number of amides is 1. The summed E-state index contributed by atoms with van der Waals surface area (Å²) >= 11 is 0. The molecule has 0 saturated carbocycles. The van der Waals surface area contributed by atoms with Gasteiger partial charge in [-0.25, -0.2) is 4.79 Å². The van der Waals surface area contributed by atoms with E-state index in [9.17, 15) is 9.59 Å². The van der Waals surface area contributed by atoms with Gasteiger partial charge in [-0.05, 0) is 42.3 Å². The molecule has 0 aliphatic heterocycles. The Bertz CT molecular complexity index is 707. The van der Waals surface area contributed by atoms with Crippen LogP contribution in [-0.2, 0) is 16.1 Å². The van der Waals surface area contributed by atoms with Crippen LogP contribution in [0.25, 0.3) is 0 Å². The highest BCUT2D eigenvalue weighted by Gasteiger charge is 2.14. The number of rotatable bonds is 5. The standard InChI is InChI=1S/C18H19NO4/c1-12-15(18(21)23-3)5-4-6-16(12)19-17(20)14-9-7-13(8-10-14)11-22-2/h4-10H,11H2,1-3H3,(H,19,20). The van der Waals surface area contributed by atoms with Gasteiger partial charge in [-0.2, -0.15) is 0 Å². The van der Waals surface area contributed by atoms with E-state index in [1.165, 1.54) is 7.11 Å². The smallest absolute Gasteiger partial charge is 0.338 e. The fourth-order valence-corrected chi connectivity index (χ4v) is 2.22. The molecule has 2 aromatic carbocycles. The highest BCUT2D eigenvalue weighted by molar-refractivity contribution is 6.05. The van der Waals surface area contributed by atoms with Gasteiger partial charge in [0.2, 0.25) is 0 Å². The van der Waals surface area contributed by atoms with Crippen molar-refractivity contribution < 1.29 is 19.1 Å². The summed E-state index contributed by atoms with van der Waals surface area (Å²) in [6.45, 7) is 2.27. The molecular formula is C18H19NO4. The number of carbonyl (C=O) groups excluding carboxylic acids is 2. The van der Waals surface area contributed by atoms with Gasteiger partial charge in [0.15, 0.2) is 0 Å². The van der Waals surface area contributed by atoms with Crippen LogP contribution >= 0.6 is 0 Å². The molecule has 0 spiro atoms. The lowest BCUT2D eigenvalue weighted by molar-refractivity contribution is 0.0599. The summed E-state index contributed by atoms with van der Waals surface area (Å²) in [6, 6.07) is 12.3. The van der Waals surface area contributed by atoms with Gasteiger partial charge in [-0.3, -0.25) is 4.79 Å². The maximum absolute atomic E-state index is 12.3. The molecule has 5 nitrogen and oxygen atoms in total. The Hall–Kier alpha value is -2.66. The third kappa shape index (κ3) is 3.96. The molecule has 2 aromatic rings. The summed E-state index contributed by atoms with van der Waals surface area (Å²) in [5.74, 6) is -0.665. The van der Waals surface area contributed by atoms with Crippen LogP contribution in [0.1, 0.15) is 31.8 Å². The zero-order chi connectivity index (χ0) is 16.8. The zero-order valence-electron chi connectivity index (χ0n) is 13.4. The first-order chi connectivity index (χ1) is 11.1. The van der Waals surface area contributed by atoms with E-state index in [1.807, 2.05) is 12.1 Å². The lowest BCUT2D eigenvalue weighted by Gasteiger charge is -2.11. The predicted octanol–water partition coefficient (Wildman–Crippen LogP) is 3.18. The predicted molar refractivity (Wildman–Crippen MR) is 87.6 cm³/mol. The molecule has 0 aliphatic carbocycles. The van der Waals surface area contributed by atoms with E-state index < -0.39 is 5.97 Å². The van der Waals surface area contributed by atoms with Crippen LogP contribution in [0, 0.1) is 6.92 Å². The van der Waals surface area contributed by atoms with E-state index in [0.29, 0.717) is 29.0 Å². The molecule has 120 valence electrons. The molecule has 0 saturated heterocycles. The summed E-state index contributed by atoms with van der Waals surface area (Å²) in [5.41, 5.74) is 3.21. The lowest BCUT2D eigenvalue weighted by atomic mass is 10.1. The van der Waals surface area contributed by atoms with E-state index in [-0.39, 0.29) is 5.91 Å². The molecule has 0 atom stereocenters. The number of methoxy groups -OCH3 is 2. The Morgan fingerprint density at radius 1 is 1.04 bits per heavy atom. The normalized spacial score (nSPS) is 10.2. The van der Waals surface area contributed by atoms with Gasteiger partial charge in [0.1, 0.15) is 0 Å². The van der Waals surface area contributed by atoms with E-state index >= 15 is 0 Å². The molecule has 23 heavy (non-hydrogen) atoms. The highest BCUT2D eigenvalue weighted by Crippen LogP contribution is 2.20. The minimum atomic E-state index is -0.428. The number of carbonyl (C=O) groups is 2. The summed E-state index contributed by atoms with van der Waals surface area (Å²) in [6.07, 6.45) is 0. The second kappa shape index (κ2) is 7.56. The number of anilines is 1. The van der Waals surface area contributed by atoms with Gasteiger partial charge in [0, 0.05) is 18.4 Å². The molecule has 1 N–H and O–H groups in total.